The largest absolute Gasteiger partial charge is 0.481 e. The molecule has 3 N–H and O–H groups in total. The van der Waals surface area contributed by atoms with Crippen LogP contribution in [0.15, 0.2) is 12.1 Å². The van der Waals surface area contributed by atoms with Crippen LogP contribution < -0.4 is 15.8 Å². The summed E-state index contributed by atoms with van der Waals surface area (Å²) in [4.78, 5) is 34.5. The van der Waals surface area contributed by atoms with Crippen molar-refractivity contribution in [3.63, 3.8) is 0 Å². The number of aryl methyl sites for hydroxylation is 2. The molecule has 0 bridgehead atoms. The zero-order chi connectivity index (χ0) is 18.4. The first kappa shape index (κ1) is 19.8. The van der Waals surface area contributed by atoms with Gasteiger partial charge in [-0.3, -0.25) is 10.1 Å². The Kier molecular flexibility index (Phi) is 7.03. The van der Waals surface area contributed by atoms with E-state index in [0.717, 1.165) is 11.1 Å². The smallest absolute Gasteiger partial charge is 0.344 e. The third-order valence-electron chi connectivity index (χ3n) is 3.13. The van der Waals surface area contributed by atoms with Crippen LogP contribution in [0, 0.1) is 19.8 Å². The zero-order valence-corrected chi connectivity index (χ0v) is 14.8. The minimum absolute atomic E-state index is 0.340. The fraction of sp³-hybridized carbons (Fsp3) is 0.438. The lowest BCUT2D eigenvalue weighted by molar-refractivity contribution is -0.160. The Labute approximate surface area is 145 Å². The van der Waals surface area contributed by atoms with E-state index < -0.39 is 24.0 Å². The number of imide groups is 1. The maximum absolute atomic E-state index is 11.9. The maximum Gasteiger partial charge on any atom is 0.344 e. The third-order valence-corrected chi connectivity index (χ3v) is 3.35. The van der Waals surface area contributed by atoms with Crippen LogP contribution in [-0.4, -0.2) is 30.6 Å². The number of primary amides is 1. The highest BCUT2D eigenvalue weighted by Crippen LogP contribution is 2.27. The molecule has 0 fully saturated rings. The average molecular weight is 357 g/mol. The van der Waals surface area contributed by atoms with Gasteiger partial charge in [-0.2, -0.15) is 0 Å². The molecule has 1 aromatic carbocycles. The van der Waals surface area contributed by atoms with Crippen LogP contribution in [0.5, 0.6) is 5.75 Å². The molecule has 0 heterocycles. The standard InChI is InChI=1S/C16H21ClN2O5/c1-8(2)13(15(21)19-16(18)22)24-12(20)7-23-14-9(3)5-11(17)6-10(14)4/h5-6,8,13H,7H2,1-4H3,(H3,18,19,21,22)/t13-/m1/s1. The van der Waals surface area contributed by atoms with Crippen molar-refractivity contribution in [2.45, 2.75) is 33.8 Å². The van der Waals surface area contributed by atoms with Crippen molar-refractivity contribution in [1.29, 1.82) is 0 Å². The van der Waals surface area contributed by atoms with E-state index in [9.17, 15) is 14.4 Å². The molecule has 0 unspecified atom stereocenters. The number of urea groups is 1. The van der Waals surface area contributed by atoms with E-state index in [2.05, 4.69) is 0 Å². The molecule has 1 atom stereocenters. The van der Waals surface area contributed by atoms with Gasteiger partial charge in [0.1, 0.15) is 5.75 Å². The monoisotopic (exact) mass is 356 g/mol. The van der Waals surface area contributed by atoms with Crippen LogP contribution in [-0.2, 0) is 14.3 Å². The number of nitrogens with two attached hydrogens (primary N) is 1. The van der Waals surface area contributed by atoms with Crippen molar-refractivity contribution in [1.82, 2.24) is 5.32 Å². The van der Waals surface area contributed by atoms with Gasteiger partial charge in [-0.15, -0.1) is 0 Å². The minimum atomic E-state index is -1.14. The second kappa shape index (κ2) is 8.54. The molecule has 0 spiro atoms. The van der Waals surface area contributed by atoms with Crippen LogP contribution in [0.3, 0.4) is 0 Å². The quantitative estimate of drug-likeness (QED) is 0.759. The fourth-order valence-corrected chi connectivity index (χ4v) is 2.44. The van der Waals surface area contributed by atoms with E-state index in [1.807, 2.05) is 5.32 Å². The van der Waals surface area contributed by atoms with Crippen LogP contribution in [0.2, 0.25) is 5.02 Å². The summed E-state index contributed by atoms with van der Waals surface area (Å²) in [6.07, 6.45) is -1.14. The van der Waals surface area contributed by atoms with E-state index in [0.29, 0.717) is 10.8 Å². The number of hydrogen-bond donors (Lipinski definition) is 2. The van der Waals surface area contributed by atoms with Crippen molar-refractivity contribution in [2.24, 2.45) is 11.7 Å². The first-order valence-corrected chi connectivity index (χ1v) is 7.69. The Morgan fingerprint density at radius 1 is 1.21 bits per heavy atom. The van der Waals surface area contributed by atoms with Gasteiger partial charge in [-0.1, -0.05) is 25.4 Å². The lowest BCUT2D eigenvalue weighted by atomic mass is 10.1. The molecule has 3 amide bonds. The molecule has 0 saturated carbocycles. The lowest BCUT2D eigenvalue weighted by Crippen LogP contribution is -2.46. The fourth-order valence-electron chi connectivity index (χ4n) is 2.12. The number of halogens is 1. The molecule has 24 heavy (non-hydrogen) atoms. The number of carbonyl (C=O) groups excluding carboxylic acids is 3. The summed E-state index contributed by atoms with van der Waals surface area (Å²) in [5.41, 5.74) is 6.45. The first-order chi connectivity index (χ1) is 11.1. The van der Waals surface area contributed by atoms with Gasteiger partial charge in [0.25, 0.3) is 5.91 Å². The van der Waals surface area contributed by atoms with Gasteiger partial charge in [0, 0.05) is 5.02 Å². The summed E-state index contributed by atoms with van der Waals surface area (Å²) in [7, 11) is 0. The van der Waals surface area contributed by atoms with E-state index >= 15 is 0 Å². The molecule has 0 aliphatic heterocycles. The summed E-state index contributed by atoms with van der Waals surface area (Å²) < 4.78 is 10.6. The second-order valence-corrected chi connectivity index (χ2v) is 6.10. The molecule has 0 saturated heterocycles. The van der Waals surface area contributed by atoms with Gasteiger partial charge in [0.15, 0.2) is 12.7 Å². The molecule has 1 aromatic rings. The van der Waals surface area contributed by atoms with Crippen molar-refractivity contribution in [3.8, 4) is 5.75 Å². The minimum Gasteiger partial charge on any atom is -0.481 e. The molecule has 0 aromatic heterocycles. The van der Waals surface area contributed by atoms with Crippen LogP contribution in [0.1, 0.15) is 25.0 Å². The summed E-state index contributed by atoms with van der Waals surface area (Å²) >= 11 is 5.94. The van der Waals surface area contributed by atoms with Gasteiger partial charge in [-0.05, 0) is 43.0 Å². The second-order valence-electron chi connectivity index (χ2n) is 5.67. The zero-order valence-electron chi connectivity index (χ0n) is 14.0. The molecule has 0 aliphatic rings. The SMILES string of the molecule is Cc1cc(Cl)cc(C)c1OCC(=O)O[C@@H](C(=O)NC(N)=O)C(C)C. The summed E-state index contributed by atoms with van der Waals surface area (Å²) in [6, 6.07) is 2.42. The van der Waals surface area contributed by atoms with Gasteiger partial charge in [-0.25, -0.2) is 9.59 Å². The van der Waals surface area contributed by atoms with Crippen molar-refractivity contribution < 1.29 is 23.9 Å². The summed E-state index contributed by atoms with van der Waals surface area (Å²) in [6.45, 7) is 6.57. The number of rotatable bonds is 6. The van der Waals surface area contributed by atoms with Crippen LogP contribution in [0.4, 0.5) is 4.79 Å². The van der Waals surface area contributed by atoms with Gasteiger partial charge >= 0.3 is 12.0 Å². The van der Waals surface area contributed by atoms with Crippen molar-refractivity contribution >= 4 is 29.5 Å². The Hall–Kier alpha value is -2.28. The Balaban J connectivity index is 2.71. The number of ether oxygens (including phenoxy) is 2. The number of hydrogen-bond acceptors (Lipinski definition) is 5. The van der Waals surface area contributed by atoms with E-state index in [1.165, 1.54) is 0 Å². The lowest BCUT2D eigenvalue weighted by Gasteiger charge is -2.20. The summed E-state index contributed by atoms with van der Waals surface area (Å²) in [5, 5.41) is 2.47. The predicted octanol–water partition coefficient (Wildman–Crippen LogP) is 2.10. The predicted molar refractivity (Wildman–Crippen MR) is 88.9 cm³/mol. The molecule has 1 rings (SSSR count). The van der Waals surface area contributed by atoms with Crippen molar-refractivity contribution in [2.75, 3.05) is 6.61 Å². The van der Waals surface area contributed by atoms with E-state index in [-0.39, 0.29) is 12.5 Å². The Morgan fingerprint density at radius 2 is 1.75 bits per heavy atom. The number of carbonyl (C=O) groups is 3. The number of amides is 3. The highest BCUT2D eigenvalue weighted by molar-refractivity contribution is 6.30. The van der Waals surface area contributed by atoms with E-state index in [1.54, 1.807) is 39.8 Å². The molecular weight excluding hydrogens is 336 g/mol. The molecule has 8 heteroatoms. The van der Waals surface area contributed by atoms with Gasteiger partial charge in [0.2, 0.25) is 0 Å². The van der Waals surface area contributed by atoms with E-state index in [4.69, 9.17) is 26.8 Å². The summed E-state index contributed by atoms with van der Waals surface area (Å²) in [5.74, 6) is -1.32. The normalized spacial score (nSPS) is 11.8. The van der Waals surface area contributed by atoms with Crippen molar-refractivity contribution in [3.05, 3.63) is 28.3 Å². The number of esters is 1. The number of benzene rings is 1. The van der Waals surface area contributed by atoms with Gasteiger partial charge < -0.3 is 15.2 Å². The molecular formula is C16H21ClN2O5. The highest BCUT2D eigenvalue weighted by Gasteiger charge is 2.27. The topological polar surface area (TPSA) is 108 Å². The molecule has 7 nitrogen and oxygen atoms in total. The highest BCUT2D eigenvalue weighted by atomic mass is 35.5. The third kappa shape index (κ3) is 5.73. The van der Waals surface area contributed by atoms with Crippen LogP contribution in [0.25, 0.3) is 0 Å². The number of nitrogens with one attached hydrogen (secondary N) is 1. The molecule has 0 radical (unpaired) electrons. The maximum atomic E-state index is 11.9. The van der Waals surface area contributed by atoms with Crippen LogP contribution >= 0.6 is 11.6 Å². The first-order valence-electron chi connectivity index (χ1n) is 7.31. The molecule has 132 valence electrons. The Bertz CT molecular complexity index is 622. The Morgan fingerprint density at radius 3 is 2.21 bits per heavy atom. The average Bonchev–Trinajstić information content (AvgIpc) is 2.42. The van der Waals surface area contributed by atoms with Gasteiger partial charge in [0.05, 0.1) is 0 Å². The molecule has 0 aliphatic carbocycles.